The van der Waals surface area contributed by atoms with Gasteiger partial charge in [-0.15, -0.1) is 0 Å². The summed E-state index contributed by atoms with van der Waals surface area (Å²) >= 11 is 0. The SMILES string of the molecule is CCCC[C@H](C)C[C@H](C=C[C@@H]1[C@@H](CC=CCCCC(=O)NCC(=O)OC)[C@@H](O)C[C@H]1OC1CCCCO1)OC1CCCCO1. The van der Waals surface area contributed by atoms with E-state index in [1.807, 2.05) is 0 Å². The highest BCUT2D eigenvalue weighted by Gasteiger charge is 2.42. The average Bonchev–Trinajstić information content (AvgIpc) is 3.32. The molecule has 0 bridgehead atoms. The fraction of sp³-hybridized carbons (Fsp3) is 0.829. The number of rotatable bonds is 19. The van der Waals surface area contributed by atoms with Crippen molar-refractivity contribution in [2.45, 2.75) is 141 Å². The molecule has 0 aromatic rings. The van der Waals surface area contributed by atoms with Gasteiger partial charge in [-0.05, 0) is 76.0 Å². The predicted octanol–water partition coefficient (Wildman–Crippen LogP) is 5.99. The summed E-state index contributed by atoms with van der Waals surface area (Å²) in [6.45, 7) is 5.91. The minimum atomic E-state index is -0.475. The summed E-state index contributed by atoms with van der Waals surface area (Å²) in [6.07, 6.45) is 21.5. The quantitative estimate of drug-likeness (QED) is 0.103. The molecule has 9 nitrogen and oxygen atoms in total. The Labute approximate surface area is 265 Å². The largest absolute Gasteiger partial charge is 0.468 e. The molecule has 1 amide bonds. The first-order chi connectivity index (χ1) is 21.4. The lowest BCUT2D eigenvalue weighted by atomic mass is 9.89. The van der Waals surface area contributed by atoms with Gasteiger partial charge in [-0.25, -0.2) is 0 Å². The highest BCUT2D eigenvalue weighted by atomic mass is 16.7. The Morgan fingerprint density at radius 3 is 2.48 bits per heavy atom. The average molecular weight is 622 g/mol. The molecule has 8 atom stereocenters. The Morgan fingerprint density at radius 2 is 1.80 bits per heavy atom. The molecule has 0 aromatic heterocycles. The van der Waals surface area contributed by atoms with Crippen molar-refractivity contribution in [3.8, 4) is 0 Å². The van der Waals surface area contributed by atoms with E-state index in [1.165, 1.54) is 26.4 Å². The number of unbranched alkanes of at least 4 members (excludes halogenated alkanes) is 2. The number of carbonyl (C=O) groups is 2. The van der Waals surface area contributed by atoms with E-state index in [4.69, 9.17) is 18.9 Å². The van der Waals surface area contributed by atoms with Crippen LogP contribution in [0.15, 0.2) is 24.3 Å². The normalized spacial score (nSPS) is 29.2. The topological polar surface area (TPSA) is 113 Å². The van der Waals surface area contributed by atoms with Gasteiger partial charge in [0.2, 0.25) is 5.91 Å². The van der Waals surface area contributed by atoms with E-state index < -0.39 is 12.1 Å². The molecule has 2 unspecified atom stereocenters. The van der Waals surface area contributed by atoms with Crippen LogP contribution in [0.25, 0.3) is 0 Å². The fourth-order valence-electron chi connectivity index (χ4n) is 6.44. The maximum atomic E-state index is 11.9. The first-order valence-electron chi connectivity index (χ1n) is 17.3. The van der Waals surface area contributed by atoms with Crippen molar-refractivity contribution >= 4 is 11.9 Å². The van der Waals surface area contributed by atoms with Crippen LogP contribution in [0.3, 0.4) is 0 Å². The van der Waals surface area contributed by atoms with E-state index in [9.17, 15) is 14.7 Å². The van der Waals surface area contributed by atoms with Gasteiger partial charge >= 0.3 is 5.97 Å². The second-order valence-corrected chi connectivity index (χ2v) is 12.8. The van der Waals surface area contributed by atoms with E-state index in [2.05, 4.69) is 48.2 Å². The van der Waals surface area contributed by atoms with Gasteiger partial charge < -0.3 is 34.1 Å². The Morgan fingerprint density at radius 1 is 1.05 bits per heavy atom. The molecule has 2 aliphatic heterocycles. The highest BCUT2D eigenvalue weighted by molar-refractivity contribution is 5.81. The van der Waals surface area contributed by atoms with Crippen molar-refractivity contribution in [3.63, 3.8) is 0 Å². The van der Waals surface area contributed by atoms with Crippen LogP contribution in [-0.2, 0) is 33.3 Å². The zero-order valence-electron chi connectivity index (χ0n) is 27.5. The van der Waals surface area contributed by atoms with Crippen molar-refractivity contribution in [3.05, 3.63) is 24.3 Å². The molecule has 1 aliphatic carbocycles. The minimum absolute atomic E-state index is 0.0172. The molecule has 3 aliphatic rings. The molecule has 0 radical (unpaired) electrons. The number of nitrogens with one attached hydrogen (secondary N) is 1. The second-order valence-electron chi connectivity index (χ2n) is 12.8. The number of aliphatic hydroxyl groups is 1. The molecule has 9 heteroatoms. The number of amides is 1. The van der Waals surface area contributed by atoms with Crippen LogP contribution >= 0.6 is 0 Å². The zero-order valence-corrected chi connectivity index (χ0v) is 27.5. The number of methoxy groups -OCH3 is 1. The van der Waals surface area contributed by atoms with Gasteiger partial charge in [-0.3, -0.25) is 9.59 Å². The van der Waals surface area contributed by atoms with Gasteiger partial charge in [-0.1, -0.05) is 57.4 Å². The number of allylic oxidation sites excluding steroid dienone is 2. The third kappa shape index (κ3) is 13.7. The van der Waals surface area contributed by atoms with Crippen LogP contribution in [0.2, 0.25) is 0 Å². The Bertz CT molecular complexity index is 867. The summed E-state index contributed by atoms with van der Waals surface area (Å²) in [7, 11) is 1.30. The van der Waals surface area contributed by atoms with Crippen LogP contribution in [0.4, 0.5) is 0 Å². The van der Waals surface area contributed by atoms with Gasteiger partial charge in [0, 0.05) is 32.0 Å². The molecule has 252 valence electrons. The van der Waals surface area contributed by atoms with E-state index in [0.717, 1.165) is 71.0 Å². The zero-order chi connectivity index (χ0) is 31.6. The van der Waals surface area contributed by atoms with Crippen LogP contribution in [0.1, 0.15) is 110 Å². The molecule has 0 aromatic carbocycles. The number of aliphatic hydroxyl groups excluding tert-OH is 1. The third-order valence-corrected chi connectivity index (χ3v) is 9.06. The van der Waals surface area contributed by atoms with E-state index in [-0.39, 0.29) is 49.1 Å². The van der Waals surface area contributed by atoms with Crippen molar-refractivity contribution in [1.82, 2.24) is 5.32 Å². The van der Waals surface area contributed by atoms with Gasteiger partial charge in [0.25, 0.3) is 0 Å². The smallest absolute Gasteiger partial charge is 0.325 e. The van der Waals surface area contributed by atoms with E-state index >= 15 is 0 Å². The standard InChI is InChI=1S/C35H59NO8/c1-4-5-14-26(2)23-27(43-34-17-10-12-21-41-34)19-20-29-28(30(37)24-31(29)44-35-18-11-13-22-42-35)15-8-6-7-9-16-32(38)36-25-33(39)40-3/h6,8,19-20,26-31,34-35,37H,4-5,7,9-18,21-25H2,1-3H3,(H,36,38)/t26-,27-,28+,29+,30-,31+,34?,35?/m0/s1. The van der Waals surface area contributed by atoms with Crippen molar-refractivity contribution < 1.29 is 38.4 Å². The Balaban J connectivity index is 1.63. The second kappa shape index (κ2) is 21.1. The van der Waals surface area contributed by atoms with Gasteiger partial charge in [0.15, 0.2) is 12.6 Å². The molecule has 0 spiro atoms. The molecule has 2 saturated heterocycles. The molecule has 3 fully saturated rings. The van der Waals surface area contributed by atoms with Crippen molar-refractivity contribution in [2.75, 3.05) is 26.9 Å². The lowest BCUT2D eigenvalue weighted by molar-refractivity contribution is -0.193. The van der Waals surface area contributed by atoms with Crippen LogP contribution in [-0.4, -0.2) is 74.7 Å². The number of hydrogen-bond acceptors (Lipinski definition) is 8. The van der Waals surface area contributed by atoms with Crippen LogP contribution in [0, 0.1) is 17.8 Å². The van der Waals surface area contributed by atoms with Gasteiger partial charge in [-0.2, -0.15) is 0 Å². The number of hydrogen-bond donors (Lipinski definition) is 2. The summed E-state index contributed by atoms with van der Waals surface area (Å²) in [4.78, 5) is 23.1. The van der Waals surface area contributed by atoms with Crippen molar-refractivity contribution in [2.24, 2.45) is 17.8 Å². The van der Waals surface area contributed by atoms with Crippen LogP contribution < -0.4 is 5.32 Å². The first-order valence-corrected chi connectivity index (χ1v) is 17.3. The van der Waals surface area contributed by atoms with Gasteiger partial charge in [0.05, 0.1) is 25.4 Å². The van der Waals surface area contributed by atoms with Gasteiger partial charge in [0.1, 0.15) is 6.54 Å². The van der Waals surface area contributed by atoms with E-state index in [0.29, 0.717) is 25.2 Å². The molecular weight excluding hydrogens is 562 g/mol. The summed E-state index contributed by atoms with van der Waals surface area (Å²) in [5.41, 5.74) is 0. The maximum Gasteiger partial charge on any atom is 0.325 e. The minimum Gasteiger partial charge on any atom is -0.468 e. The lowest BCUT2D eigenvalue weighted by Gasteiger charge is -2.30. The molecule has 1 saturated carbocycles. The summed E-state index contributed by atoms with van der Waals surface area (Å²) in [5.74, 6) is -0.0199. The molecule has 3 rings (SSSR count). The third-order valence-electron chi connectivity index (χ3n) is 9.06. The Hall–Kier alpha value is -1.78. The maximum absolute atomic E-state index is 11.9. The highest BCUT2D eigenvalue weighted by Crippen LogP contribution is 2.40. The molecular formula is C35H59NO8. The number of esters is 1. The Kier molecular flexibility index (Phi) is 17.6. The summed E-state index contributed by atoms with van der Waals surface area (Å²) in [6, 6.07) is 0. The number of ether oxygens (including phenoxy) is 5. The van der Waals surface area contributed by atoms with Crippen molar-refractivity contribution in [1.29, 1.82) is 0 Å². The first kappa shape index (κ1) is 36.7. The summed E-state index contributed by atoms with van der Waals surface area (Å²) < 4.78 is 29.4. The summed E-state index contributed by atoms with van der Waals surface area (Å²) in [5, 5.41) is 13.8. The predicted molar refractivity (Wildman–Crippen MR) is 170 cm³/mol. The van der Waals surface area contributed by atoms with Crippen LogP contribution in [0.5, 0.6) is 0 Å². The van der Waals surface area contributed by atoms with E-state index in [1.54, 1.807) is 0 Å². The lowest BCUT2D eigenvalue weighted by Crippen LogP contribution is -2.31. The molecule has 2 heterocycles. The monoisotopic (exact) mass is 621 g/mol. The fourth-order valence-corrected chi connectivity index (χ4v) is 6.44. The molecule has 2 N–H and O–H groups in total. The number of carbonyl (C=O) groups excluding carboxylic acids is 2. The molecule has 44 heavy (non-hydrogen) atoms.